The molecule has 1 aromatic heterocycles. The van der Waals surface area contributed by atoms with Crippen molar-refractivity contribution in [2.24, 2.45) is 0 Å². The van der Waals surface area contributed by atoms with Gasteiger partial charge in [0.15, 0.2) is 0 Å². The van der Waals surface area contributed by atoms with Gasteiger partial charge in [-0.25, -0.2) is 4.98 Å². The maximum atomic E-state index is 12.6. The fourth-order valence-corrected chi connectivity index (χ4v) is 3.96. The molecule has 162 valence electrons. The van der Waals surface area contributed by atoms with Gasteiger partial charge in [-0.1, -0.05) is 54.0 Å². The molecule has 5 heteroatoms. The van der Waals surface area contributed by atoms with Crippen LogP contribution in [0.5, 0.6) is 0 Å². The van der Waals surface area contributed by atoms with Gasteiger partial charge in [0.05, 0.1) is 11.2 Å². The summed E-state index contributed by atoms with van der Waals surface area (Å²) in [7, 11) is 0. The first-order valence-electron chi connectivity index (χ1n) is 10.8. The van der Waals surface area contributed by atoms with Crippen LogP contribution >= 0.6 is 15.9 Å². The summed E-state index contributed by atoms with van der Waals surface area (Å²) in [4.78, 5) is 19.8. The normalized spacial score (nSPS) is 11.1. The van der Waals surface area contributed by atoms with Crippen molar-refractivity contribution in [1.82, 2.24) is 9.88 Å². The third-order valence-corrected chi connectivity index (χ3v) is 6.11. The molecule has 0 bridgehead atoms. The number of nitrogens with zero attached hydrogens (tertiary/aromatic N) is 2. The minimum atomic E-state index is -0.137. The number of anilines is 1. The second kappa shape index (κ2) is 10.1. The largest absolute Gasteiger partial charge is 0.322 e. The van der Waals surface area contributed by atoms with Crippen molar-refractivity contribution in [3.05, 3.63) is 94.5 Å². The van der Waals surface area contributed by atoms with Crippen LogP contribution in [-0.4, -0.2) is 28.9 Å². The lowest BCUT2D eigenvalue weighted by molar-refractivity contribution is 0.102. The zero-order valence-electron chi connectivity index (χ0n) is 18.3. The smallest absolute Gasteiger partial charge is 0.255 e. The highest BCUT2D eigenvalue weighted by atomic mass is 79.9. The lowest BCUT2D eigenvalue weighted by atomic mass is 10.1. The van der Waals surface area contributed by atoms with Crippen LogP contribution < -0.4 is 5.32 Å². The van der Waals surface area contributed by atoms with E-state index in [-0.39, 0.29) is 5.91 Å². The van der Waals surface area contributed by atoms with Crippen LogP contribution in [0.15, 0.2) is 83.3 Å². The summed E-state index contributed by atoms with van der Waals surface area (Å²) >= 11 is 3.39. The molecule has 4 aromatic rings. The van der Waals surface area contributed by atoms with E-state index in [1.807, 2.05) is 42.5 Å². The van der Waals surface area contributed by atoms with Crippen LogP contribution in [0.1, 0.15) is 29.8 Å². The van der Waals surface area contributed by atoms with Gasteiger partial charge in [-0.2, -0.15) is 0 Å². The predicted octanol–water partition coefficient (Wildman–Crippen LogP) is 6.76. The molecule has 1 N–H and O–H groups in total. The average molecular weight is 488 g/mol. The Labute approximate surface area is 197 Å². The Hall–Kier alpha value is -3.02. The Morgan fingerprint density at radius 1 is 0.938 bits per heavy atom. The van der Waals surface area contributed by atoms with Gasteiger partial charge in [0.2, 0.25) is 0 Å². The molecule has 1 heterocycles. The van der Waals surface area contributed by atoms with E-state index in [0.717, 1.165) is 52.0 Å². The Morgan fingerprint density at radius 2 is 1.72 bits per heavy atom. The molecule has 4 nitrogen and oxygen atoms in total. The van der Waals surface area contributed by atoms with Crippen LogP contribution in [0.3, 0.4) is 0 Å². The number of rotatable bonds is 7. The van der Waals surface area contributed by atoms with Gasteiger partial charge < -0.3 is 5.32 Å². The van der Waals surface area contributed by atoms with E-state index in [0.29, 0.717) is 5.56 Å². The number of halogens is 1. The van der Waals surface area contributed by atoms with E-state index in [1.165, 1.54) is 5.56 Å². The average Bonchev–Trinajstić information content (AvgIpc) is 2.82. The maximum absolute atomic E-state index is 12.6. The van der Waals surface area contributed by atoms with Gasteiger partial charge in [0.1, 0.15) is 0 Å². The quantitative estimate of drug-likeness (QED) is 0.313. The van der Waals surface area contributed by atoms with Crippen molar-refractivity contribution in [2.75, 3.05) is 18.4 Å². The number of nitrogens with one attached hydrogen (secondary N) is 1. The Kier molecular flexibility index (Phi) is 6.98. The molecule has 0 saturated heterocycles. The summed E-state index contributed by atoms with van der Waals surface area (Å²) in [5, 5.41) is 4.11. The highest BCUT2D eigenvalue weighted by molar-refractivity contribution is 9.10. The van der Waals surface area contributed by atoms with Crippen LogP contribution in [0.25, 0.3) is 22.2 Å². The summed E-state index contributed by atoms with van der Waals surface area (Å²) in [6, 6.07) is 25.7. The molecule has 32 heavy (non-hydrogen) atoms. The van der Waals surface area contributed by atoms with E-state index in [1.54, 1.807) is 12.1 Å². The monoisotopic (exact) mass is 487 g/mol. The predicted molar refractivity (Wildman–Crippen MR) is 136 cm³/mol. The number of carbonyl (C=O) groups excluding carboxylic acids is 1. The highest BCUT2D eigenvalue weighted by Gasteiger charge is 2.09. The van der Waals surface area contributed by atoms with Gasteiger partial charge >= 0.3 is 0 Å². The molecule has 0 atom stereocenters. The second-order valence-corrected chi connectivity index (χ2v) is 8.64. The Balaban J connectivity index is 1.54. The lowest BCUT2D eigenvalue weighted by Crippen LogP contribution is -2.21. The first-order valence-corrected chi connectivity index (χ1v) is 11.6. The van der Waals surface area contributed by atoms with Crippen molar-refractivity contribution in [1.29, 1.82) is 0 Å². The molecule has 0 aliphatic heterocycles. The number of aromatic nitrogens is 1. The summed E-state index contributed by atoms with van der Waals surface area (Å²) in [5.74, 6) is -0.137. The zero-order valence-corrected chi connectivity index (χ0v) is 19.9. The highest BCUT2D eigenvalue weighted by Crippen LogP contribution is 2.25. The second-order valence-electron chi connectivity index (χ2n) is 7.73. The number of fused-ring (bicyclic) bond motifs is 1. The summed E-state index contributed by atoms with van der Waals surface area (Å²) < 4.78 is 0.943. The standard InChI is InChI=1S/C27H26BrN3O/c1-3-31(4-2)18-19-8-14-25-22(16-19)11-15-26(30-25)21-6-5-7-24(17-21)29-27(32)20-9-12-23(28)13-10-20/h5-17H,3-4,18H2,1-2H3,(H,29,32). The van der Waals surface area contributed by atoms with Crippen molar-refractivity contribution >= 4 is 38.4 Å². The number of amides is 1. The molecule has 0 saturated carbocycles. The summed E-state index contributed by atoms with van der Waals surface area (Å²) in [6.45, 7) is 7.41. The van der Waals surface area contributed by atoms with Gasteiger partial charge in [-0.3, -0.25) is 9.69 Å². The molecule has 0 fully saturated rings. The molecule has 0 aliphatic rings. The van der Waals surface area contributed by atoms with Crippen LogP contribution in [0, 0.1) is 0 Å². The topological polar surface area (TPSA) is 45.2 Å². The first-order chi connectivity index (χ1) is 15.6. The van der Waals surface area contributed by atoms with E-state index < -0.39 is 0 Å². The van der Waals surface area contributed by atoms with Gasteiger partial charge in [-0.05, 0) is 73.3 Å². The van der Waals surface area contributed by atoms with Crippen molar-refractivity contribution in [3.8, 4) is 11.3 Å². The number of benzene rings is 3. The van der Waals surface area contributed by atoms with Gasteiger partial charge in [-0.15, -0.1) is 0 Å². The van der Waals surface area contributed by atoms with Gasteiger partial charge in [0, 0.05) is 33.2 Å². The third-order valence-electron chi connectivity index (χ3n) is 5.58. The first kappa shape index (κ1) is 22.2. The fraction of sp³-hybridized carbons (Fsp3) is 0.185. The molecule has 3 aromatic carbocycles. The zero-order chi connectivity index (χ0) is 22.5. The van der Waals surface area contributed by atoms with E-state index >= 15 is 0 Å². The minimum Gasteiger partial charge on any atom is -0.322 e. The van der Waals surface area contributed by atoms with Crippen LogP contribution in [-0.2, 0) is 6.54 Å². The lowest BCUT2D eigenvalue weighted by Gasteiger charge is -2.18. The maximum Gasteiger partial charge on any atom is 0.255 e. The minimum absolute atomic E-state index is 0.137. The fourth-order valence-electron chi connectivity index (χ4n) is 3.70. The molecule has 0 unspecified atom stereocenters. The SMILES string of the molecule is CCN(CC)Cc1ccc2nc(-c3cccc(NC(=O)c4ccc(Br)cc4)c3)ccc2c1. The molecule has 4 rings (SSSR count). The third kappa shape index (κ3) is 5.23. The number of carbonyl (C=O) groups is 1. The van der Waals surface area contributed by atoms with Crippen molar-refractivity contribution in [3.63, 3.8) is 0 Å². The van der Waals surface area contributed by atoms with Crippen LogP contribution in [0.2, 0.25) is 0 Å². The number of hydrogen-bond acceptors (Lipinski definition) is 3. The van der Waals surface area contributed by atoms with E-state index in [4.69, 9.17) is 4.98 Å². The van der Waals surface area contributed by atoms with Crippen molar-refractivity contribution in [2.45, 2.75) is 20.4 Å². The summed E-state index contributed by atoms with van der Waals surface area (Å²) in [5.41, 5.74) is 5.47. The van der Waals surface area contributed by atoms with E-state index in [9.17, 15) is 4.79 Å². The molecule has 0 radical (unpaired) electrons. The van der Waals surface area contributed by atoms with E-state index in [2.05, 4.69) is 64.3 Å². The molecular formula is C27H26BrN3O. The number of pyridine rings is 1. The molecule has 0 aliphatic carbocycles. The Bertz CT molecular complexity index is 1230. The molecule has 1 amide bonds. The van der Waals surface area contributed by atoms with Gasteiger partial charge in [0.25, 0.3) is 5.91 Å². The van der Waals surface area contributed by atoms with Crippen LogP contribution in [0.4, 0.5) is 5.69 Å². The summed E-state index contributed by atoms with van der Waals surface area (Å²) in [6.07, 6.45) is 0. The van der Waals surface area contributed by atoms with Crippen molar-refractivity contribution < 1.29 is 4.79 Å². The molecular weight excluding hydrogens is 462 g/mol. The Morgan fingerprint density at radius 3 is 2.47 bits per heavy atom. The number of hydrogen-bond donors (Lipinski definition) is 1. The molecule has 0 spiro atoms.